The number of hydrogen-bond donors (Lipinski definition) is 4. The van der Waals surface area contributed by atoms with Crippen LogP contribution in [0.25, 0.3) is 44.7 Å². The Hall–Kier alpha value is -7.18. The number of benzene rings is 2. The van der Waals surface area contributed by atoms with Crippen LogP contribution in [0.4, 0.5) is 14.0 Å². The van der Waals surface area contributed by atoms with Gasteiger partial charge in [0.05, 0.1) is 72.6 Å². The van der Waals surface area contributed by atoms with E-state index in [1.165, 1.54) is 20.3 Å². The van der Waals surface area contributed by atoms with Crippen LogP contribution in [-0.4, -0.2) is 103 Å². The third-order valence-electron chi connectivity index (χ3n) is 13.7. The lowest BCUT2D eigenvalue weighted by Gasteiger charge is -2.30. The van der Waals surface area contributed by atoms with Crippen LogP contribution < -0.4 is 15.4 Å². The number of hydrogen-bond acceptors (Lipinski definition) is 11. The lowest BCUT2D eigenvalue weighted by atomic mass is 10.0. The van der Waals surface area contributed by atoms with Crippen molar-refractivity contribution in [2.24, 2.45) is 11.8 Å². The van der Waals surface area contributed by atoms with E-state index in [0.717, 1.165) is 53.5 Å². The highest BCUT2D eigenvalue weighted by Crippen LogP contribution is 2.49. The van der Waals surface area contributed by atoms with Crippen molar-refractivity contribution < 1.29 is 42.3 Å². The number of H-pyrrole nitrogens is 2. The monoisotopic (exact) mass is 930 g/mol. The Morgan fingerprint density at radius 1 is 0.765 bits per heavy atom. The highest BCUT2D eigenvalue weighted by atomic mass is 19.1. The van der Waals surface area contributed by atoms with Crippen LogP contribution >= 0.6 is 0 Å². The number of halogens is 1. The largest absolute Gasteiger partial charge is 0.462 e. The van der Waals surface area contributed by atoms with Gasteiger partial charge in [-0.2, -0.15) is 0 Å². The van der Waals surface area contributed by atoms with Gasteiger partial charge in [-0.15, -0.1) is 0 Å². The van der Waals surface area contributed by atoms with Gasteiger partial charge in [-0.25, -0.2) is 23.9 Å². The number of alkyl carbamates (subject to hydrolysis) is 2. The van der Waals surface area contributed by atoms with E-state index >= 15 is 4.39 Å². The molecule has 19 heteroatoms. The Kier molecular flexibility index (Phi) is 11.7. The normalized spacial score (nSPS) is 19.8. The topological polar surface area (TPSA) is 215 Å². The zero-order chi connectivity index (χ0) is 47.5. The molecule has 0 bridgehead atoms. The number of nitrogens with zero attached hydrogens (tertiary/aromatic N) is 6. The van der Waals surface area contributed by atoms with Crippen LogP contribution in [0.1, 0.15) is 114 Å². The van der Waals surface area contributed by atoms with Crippen LogP contribution in [-0.2, 0) is 19.1 Å². The molecule has 3 aliphatic heterocycles. The Balaban J connectivity index is 0.963. The molecule has 5 atom stereocenters. The number of likely N-dealkylation sites (tertiary alicyclic amines) is 2. The van der Waals surface area contributed by atoms with Crippen molar-refractivity contribution in [2.75, 3.05) is 27.3 Å². The lowest BCUT2D eigenvalue weighted by Crippen LogP contribution is -2.51. The fraction of sp³-hybridized carbons (Fsp3) is 0.449. The number of aromatic amines is 2. The minimum absolute atomic E-state index is 0.159. The first-order valence-electron chi connectivity index (χ1n) is 23.3. The maximum absolute atomic E-state index is 16.9. The smallest absolute Gasteiger partial charge is 0.407 e. The number of fused-ring (bicyclic) bond motifs is 5. The van der Waals surface area contributed by atoms with E-state index in [1.807, 2.05) is 62.6 Å². The van der Waals surface area contributed by atoms with Gasteiger partial charge >= 0.3 is 12.2 Å². The van der Waals surface area contributed by atoms with Crippen molar-refractivity contribution in [1.29, 1.82) is 0 Å². The zero-order valence-electron chi connectivity index (χ0n) is 38.8. The molecule has 10 rings (SSSR count). The van der Waals surface area contributed by atoms with Crippen molar-refractivity contribution in [3.05, 3.63) is 83.8 Å². The van der Waals surface area contributed by atoms with Crippen molar-refractivity contribution in [1.82, 2.24) is 50.1 Å². The first-order valence-corrected chi connectivity index (χ1v) is 23.3. The van der Waals surface area contributed by atoms with Crippen LogP contribution in [0.5, 0.6) is 5.75 Å². The number of ether oxygens (including phenoxy) is 3. The quantitative estimate of drug-likeness (QED) is 0.0919. The zero-order valence-corrected chi connectivity index (χ0v) is 38.8. The second-order valence-electron chi connectivity index (χ2n) is 18.9. The molecule has 2 aromatic carbocycles. The van der Waals surface area contributed by atoms with Crippen LogP contribution in [0.3, 0.4) is 0 Å². The number of carbonyl (C=O) groups is 4. The molecule has 4 amide bonds. The molecule has 1 aliphatic carbocycles. The van der Waals surface area contributed by atoms with E-state index in [0.29, 0.717) is 72.0 Å². The summed E-state index contributed by atoms with van der Waals surface area (Å²) >= 11 is 0. The molecule has 0 spiro atoms. The van der Waals surface area contributed by atoms with E-state index in [2.05, 4.69) is 30.7 Å². The highest BCUT2D eigenvalue weighted by Gasteiger charge is 2.40. The van der Waals surface area contributed by atoms with Gasteiger partial charge in [0.15, 0.2) is 5.76 Å². The standard InChI is InChI=1S/C49H55FN10O8/c1-24(2)41(55-48(63)65-5)45(61)58-15-7-9-35(58)43-51-22-32(53-43)27-13-14-34-29(17-27)19-37-40-30(50)18-28(20-38(40)67-47(60(34)37)39-21-31(57-68-39)26-11-12-26)33-23-52-44(54-33)36-10-8-16-59(36)46(62)42(25(3)4)56-49(64)66-6/h13-14,17-26,35-36,41-42,47H,7-12,15-16H2,1-6H3,(H,51,53)(H,52,54)(H,55,63)(H,56,64)/t35-,36-,41?,42?,47?/m0/s1. The van der Waals surface area contributed by atoms with Gasteiger partial charge in [0.1, 0.15) is 35.3 Å². The average Bonchev–Trinajstić information content (AvgIpc) is 4.05. The van der Waals surface area contributed by atoms with Crippen molar-refractivity contribution in [3.8, 4) is 39.5 Å². The molecular weight excluding hydrogens is 876 g/mol. The molecule has 7 heterocycles. The molecule has 4 N–H and O–H groups in total. The molecule has 0 radical (unpaired) electrons. The number of rotatable bonds is 12. The Morgan fingerprint density at radius 3 is 1.91 bits per heavy atom. The molecule has 2 saturated heterocycles. The molecule has 3 fully saturated rings. The summed E-state index contributed by atoms with van der Waals surface area (Å²) in [6.07, 6.45) is 6.22. The minimum Gasteiger partial charge on any atom is -0.462 e. The first-order chi connectivity index (χ1) is 32.8. The molecular formula is C49H55FN10O8. The summed E-state index contributed by atoms with van der Waals surface area (Å²) in [5.74, 6) is 1.06. The van der Waals surface area contributed by atoms with E-state index in [4.69, 9.17) is 23.7 Å². The van der Waals surface area contributed by atoms with Crippen molar-refractivity contribution in [2.45, 2.75) is 103 Å². The third-order valence-corrected chi connectivity index (χ3v) is 13.7. The van der Waals surface area contributed by atoms with Gasteiger partial charge < -0.3 is 49.1 Å². The summed E-state index contributed by atoms with van der Waals surface area (Å²) in [7, 11) is 2.54. The number of imidazole rings is 2. The molecule has 6 aromatic rings. The molecule has 68 heavy (non-hydrogen) atoms. The predicted octanol–water partition coefficient (Wildman–Crippen LogP) is 8.12. The summed E-state index contributed by atoms with van der Waals surface area (Å²) in [6, 6.07) is 10.9. The summed E-state index contributed by atoms with van der Waals surface area (Å²) in [5, 5.41) is 10.6. The van der Waals surface area contributed by atoms with Gasteiger partial charge in [-0.1, -0.05) is 38.9 Å². The molecule has 356 valence electrons. The number of aromatic nitrogens is 6. The average molecular weight is 931 g/mol. The number of nitrogens with one attached hydrogen (secondary N) is 4. The number of methoxy groups -OCH3 is 2. The van der Waals surface area contributed by atoms with Gasteiger partial charge in [-0.3, -0.25) is 14.2 Å². The van der Waals surface area contributed by atoms with Gasteiger partial charge in [-0.05, 0) is 80.7 Å². The summed E-state index contributed by atoms with van der Waals surface area (Å²) in [5.41, 5.74) is 5.14. The van der Waals surface area contributed by atoms with Crippen LogP contribution in [0, 0.1) is 17.7 Å². The van der Waals surface area contributed by atoms with Gasteiger partial charge in [0, 0.05) is 41.6 Å². The van der Waals surface area contributed by atoms with Gasteiger partial charge in [0.2, 0.25) is 18.0 Å². The lowest BCUT2D eigenvalue weighted by molar-refractivity contribution is -0.136. The van der Waals surface area contributed by atoms with E-state index in [9.17, 15) is 19.2 Å². The van der Waals surface area contributed by atoms with Crippen LogP contribution in [0.15, 0.2) is 59.4 Å². The summed E-state index contributed by atoms with van der Waals surface area (Å²) < 4.78 is 41.1. The molecule has 4 aromatic heterocycles. The van der Waals surface area contributed by atoms with Crippen molar-refractivity contribution >= 4 is 34.9 Å². The third kappa shape index (κ3) is 8.10. The number of amides is 4. The van der Waals surface area contributed by atoms with E-state index < -0.39 is 36.3 Å². The molecule has 18 nitrogen and oxygen atoms in total. The first kappa shape index (κ1) is 44.6. The predicted molar refractivity (Wildman–Crippen MR) is 245 cm³/mol. The van der Waals surface area contributed by atoms with E-state index in [1.54, 1.807) is 28.3 Å². The van der Waals surface area contributed by atoms with Crippen molar-refractivity contribution in [3.63, 3.8) is 0 Å². The number of carbonyl (C=O) groups excluding carboxylic acids is 4. The Morgan fingerprint density at radius 2 is 1.35 bits per heavy atom. The molecule has 1 saturated carbocycles. The SMILES string of the molecule is COC(=O)NC(C(=O)N1CCC[C@H]1c1ncc(-c2cc(F)c3c(c2)OC(c2cc(C4CC4)no2)n2c-3cc3cc(-c4cnc([C@@H]5CCCN5C(=O)C(NC(=O)OC)C(C)C)[nH]4)ccc32)[nH]1)C(C)C. The Bertz CT molecular complexity index is 2910. The molecule has 3 unspecified atom stereocenters. The van der Waals surface area contributed by atoms with Crippen LogP contribution in [0.2, 0.25) is 0 Å². The second kappa shape index (κ2) is 17.8. The fourth-order valence-electron chi connectivity index (χ4n) is 9.97. The maximum Gasteiger partial charge on any atom is 0.407 e. The van der Waals surface area contributed by atoms with Gasteiger partial charge in [0.25, 0.3) is 0 Å². The minimum atomic E-state index is -0.814. The second-order valence-corrected chi connectivity index (χ2v) is 18.9. The summed E-state index contributed by atoms with van der Waals surface area (Å²) in [4.78, 5) is 71.6. The summed E-state index contributed by atoms with van der Waals surface area (Å²) in [6.45, 7) is 8.52. The molecule has 4 aliphatic rings. The highest BCUT2D eigenvalue weighted by molar-refractivity contribution is 5.93. The van der Waals surface area contributed by atoms with E-state index in [-0.39, 0.29) is 41.3 Å². The fourth-order valence-corrected chi connectivity index (χ4v) is 9.97. The maximum atomic E-state index is 16.9. The Labute approximate surface area is 391 Å².